The number of rotatable bonds is 6. The highest BCUT2D eigenvalue weighted by molar-refractivity contribution is 6.34. The SMILES string of the molecule is O=C(Cn1cnc(NC(=O)c2ccccc2Cl)n1)NCc1ccccc1. The lowest BCUT2D eigenvalue weighted by Gasteiger charge is -2.05. The Bertz CT molecular complexity index is 911. The van der Waals surface area contributed by atoms with Gasteiger partial charge >= 0.3 is 0 Å². The molecule has 0 bridgehead atoms. The molecule has 0 aliphatic rings. The van der Waals surface area contributed by atoms with E-state index in [2.05, 4.69) is 20.7 Å². The van der Waals surface area contributed by atoms with E-state index in [0.717, 1.165) is 5.56 Å². The summed E-state index contributed by atoms with van der Waals surface area (Å²) in [4.78, 5) is 28.1. The second-order valence-electron chi connectivity index (χ2n) is 5.46. The van der Waals surface area contributed by atoms with Crippen LogP contribution >= 0.6 is 11.6 Å². The van der Waals surface area contributed by atoms with Crippen LogP contribution in [0.1, 0.15) is 15.9 Å². The zero-order valence-electron chi connectivity index (χ0n) is 13.7. The van der Waals surface area contributed by atoms with Gasteiger partial charge in [-0.25, -0.2) is 9.67 Å². The maximum atomic E-state index is 12.2. The van der Waals surface area contributed by atoms with Gasteiger partial charge in [-0.3, -0.25) is 14.9 Å². The fourth-order valence-corrected chi connectivity index (χ4v) is 2.46. The zero-order chi connectivity index (χ0) is 18.4. The van der Waals surface area contributed by atoms with Gasteiger partial charge in [-0.2, -0.15) is 0 Å². The highest BCUT2D eigenvalue weighted by Crippen LogP contribution is 2.15. The molecule has 2 aromatic carbocycles. The summed E-state index contributed by atoms with van der Waals surface area (Å²) < 4.78 is 1.35. The smallest absolute Gasteiger partial charge is 0.259 e. The lowest BCUT2D eigenvalue weighted by atomic mass is 10.2. The van der Waals surface area contributed by atoms with Gasteiger partial charge in [0.1, 0.15) is 12.9 Å². The number of amides is 2. The topological polar surface area (TPSA) is 88.9 Å². The molecule has 0 aliphatic heterocycles. The number of nitrogens with one attached hydrogen (secondary N) is 2. The minimum atomic E-state index is -0.415. The number of benzene rings is 2. The van der Waals surface area contributed by atoms with Crippen molar-refractivity contribution in [2.75, 3.05) is 5.32 Å². The molecule has 0 radical (unpaired) electrons. The Morgan fingerprint density at radius 1 is 1.04 bits per heavy atom. The van der Waals surface area contributed by atoms with E-state index in [-0.39, 0.29) is 18.4 Å². The summed E-state index contributed by atoms with van der Waals surface area (Å²) in [6.07, 6.45) is 1.38. The Labute approximate surface area is 155 Å². The van der Waals surface area contributed by atoms with E-state index in [9.17, 15) is 9.59 Å². The Balaban J connectivity index is 1.53. The first-order chi connectivity index (χ1) is 12.6. The van der Waals surface area contributed by atoms with Crippen molar-refractivity contribution in [3.05, 3.63) is 77.1 Å². The molecule has 1 aromatic heterocycles. The fraction of sp³-hybridized carbons (Fsp3) is 0.111. The molecule has 0 atom stereocenters. The second kappa shape index (κ2) is 8.26. The number of hydrogen-bond acceptors (Lipinski definition) is 4. The maximum Gasteiger partial charge on any atom is 0.259 e. The van der Waals surface area contributed by atoms with Gasteiger partial charge in [0.2, 0.25) is 11.9 Å². The van der Waals surface area contributed by atoms with E-state index in [1.54, 1.807) is 24.3 Å². The first kappa shape index (κ1) is 17.6. The molecular formula is C18H16ClN5O2. The van der Waals surface area contributed by atoms with Crippen molar-refractivity contribution >= 4 is 29.4 Å². The molecule has 26 heavy (non-hydrogen) atoms. The van der Waals surface area contributed by atoms with Crippen LogP contribution in [0.4, 0.5) is 5.95 Å². The molecule has 0 aliphatic carbocycles. The molecule has 3 rings (SSSR count). The number of hydrogen-bond donors (Lipinski definition) is 2. The number of carbonyl (C=O) groups excluding carboxylic acids is 2. The molecule has 132 valence electrons. The largest absolute Gasteiger partial charge is 0.350 e. The van der Waals surface area contributed by atoms with E-state index in [1.165, 1.54) is 11.0 Å². The predicted octanol–water partition coefficient (Wildman–Crippen LogP) is 2.50. The van der Waals surface area contributed by atoms with Crippen LogP contribution in [0.2, 0.25) is 5.02 Å². The number of nitrogens with zero attached hydrogens (tertiary/aromatic N) is 3. The Hall–Kier alpha value is -3.19. The van der Waals surface area contributed by atoms with Crippen molar-refractivity contribution in [2.45, 2.75) is 13.1 Å². The average Bonchev–Trinajstić information content (AvgIpc) is 3.08. The first-order valence-electron chi connectivity index (χ1n) is 7.88. The van der Waals surface area contributed by atoms with Crippen LogP contribution < -0.4 is 10.6 Å². The lowest BCUT2D eigenvalue weighted by Crippen LogP contribution is -2.27. The van der Waals surface area contributed by atoms with Crippen LogP contribution in [0, 0.1) is 0 Å². The Morgan fingerprint density at radius 2 is 1.77 bits per heavy atom. The van der Waals surface area contributed by atoms with Gasteiger partial charge in [-0.05, 0) is 17.7 Å². The van der Waals surface area contributed by atoms with E-state index < -0.39 is 5.91 Å². The van der Waals surface area contributed by atoms with Crippen molar-refractivity contribution in [3.63, 3.8) is 0 Å². The van der Waals surface area contributed by atoms with Crippen molar-refractivity contribution in [1.29, 1.82) is 0 Å². The van der Waals surface area contributed by atoms with Crippen LogP contribution in [0.5, 0.6) is 0 Å². The summed E-state index contributed by atoms with van der Waals surface area (Å²) in [7, 11) is 0. The van der Waals surface area contributed by atoms with Gasteiger partial charge in [-0.15, -0.1) is 5.10 Å². The molecule has 7 nitrogen and oxygen atoms in total. The quantitative estimate of drug-likeness (QED) is 0.698. The summed E-state index contributed by atoms with van der Waals surface area (Å²) in [5, 5.41) is 9.76. The van der Waals surface area contributed by atoms with Gasteiger partial charge in [0.05, 0.1) is 10.6 Å². The molecule has 0 fully saturated rings. The lowest BCUT2D eigenvalue weighted by molar-refractivity contribution is -0.122. The van der Waals surface area contributed by atoms with Crippen molar-refractivity contribution < 1.29 is 9.59 Å². The third-order valence-corrected chi connectivity index (χ3v) is 3.85. The van der Waals surface area contributed by atoms with E-state index >= 15 is 0 Å². The standard InChI is InChI=1S/C18H16ClN5O2/c19-15-9-5-4-8-14(15)17(26)22-18-21-12-24(23-18)11-16(25)20-10-13-6-2-1-3-7-13/h1-9,12H,10-11H2,(H,20,25)(H,22,23,26). The van der Waals surface area contributed by atoms with Gasteiger partial charge in [0.15, 0.2) is 0 Å². The van der Waals surface area contributed by atoms with Gasteiger partial charge < -0.3 is 5.32 Å². The summed E-state index contributed by atoms with van der Waals surface area (Å²) >= 11 is 5.98. The monoisotopic (exact) mass is 369 g/mol. The normalized spacial score (nSPS) is 10.3. The van der Waals surface area contributed by atoms with Crippen LogP contribution in [0.25, 0.3) is 0 Å². The van der Waals surface area contributed by atoms with E-state index in [4.69, 9.17) is 11.6 Å². The molecule has 1 heterocycles. The molecule has 2 N–H and O–H groups in total. The molecular weight excluding hydrogens is 354 g/mol. The van der Waals surface area contributed by atoms with Crippen LogP contribution in [0.15, 0.2) is 60.9 Å². The Morgan fingerprint density at radius 3 is 2.54 bits per heavy atom. The van der Waals surface area contributed by atoms with Crippen LogP contribution in [-0.2, 0) is 17.9 Å². The minimum Gasteiger partial charge on any atom is -0.350 e. The van der Waals surface area contributed by atoms with E-state index in [0.29, 0.717) is 17.1 Å². The molecule has 0 unspecified atom stereocenters. The van der Waals surface area contributed by atoms with Gasteiger partial charge in [0, 0.05) is 6.54 Å². The highest BCUT2D eigenvalue weighted by atomic mass is 35.5. The van der Waals surface area contributed by atoms with Crippen molar-refractivity contribution in [3.8, 4) is 0 Å². The zero-order valence-corrected chi connectivity index (χ0v) is 14.5. The third kappa shape index (κ3) is 4.67. The number of halogens is 1. The molecule has 0 saturated carbocycles. The number of anilines is 1. The molecule has 3 aromatic rings. The van der Waals surface area contributed by atoms with Crippen LogP contribution in [-0.4, -0.2) is 26.6 Å². The average molecular weight is 370 g/mol. The minimum absolute atomic E-state index is 0.00178. The van der Waals surface area contributed by atoms with Crippen molar-refractivity contribution in [1.82, 2.24) is 20.1 Å². The molecule has 0 saturated heterocycles. The van der Waals surface area contributed by atoms with Crippen LogP contribution in [0.3, 0.4) is 0 Å². The summed E-state index contributed by atoms with van der Waals surface area (Å²) in [5.74, 6) is -0.518. The van der Waals surface area contributed by atoms with Crippen molar-refractivity contribution in [2.24, 2.45) is 0 Å². The molecule has 0 spiro atoms. The van der Waals surface area contributed by atoms with Gasteiger partial charge in [0.25, 0.3) is 5.91 Å². The third-order valence-electron chi connectivity index (χ3n) is 3.52. The summed E-state index contributed by atoms with van der Waals surface area (Å²) in [6.45, 7) is 0.437. The second-order valence-corrected chi connectivity index (χ2v) is 5.87. The van der Waals surface area contributed by atoms with Gasteiger partial charge in [-0.1, -0.05) is 54.1 Å². The molecule has 2 amide bonds. The first-order valence-corrected chi connectivity index (χ1v) is 8.25. The predicted molar refractivity (Wildman–Crippen MR) is 97.7 cm³/mol. The summed E-state index contributed by atoms with van der Waals surface area (Å²) in [5.41, 5.74) is 1.33. The maximum absolute atomic E-state index is 12.2. The fourth-order valence-electron chi connectivity index (χ4n) is 2.24. The van der Waals surface area contributed by atoms with E-state index in [1.807, 2.05) is 30.3 Å². The number of aromatic nitrogens is 3. The summed E-state index contributed by atoms with van der Waals surface area (Å²) in [6, 6.07) is 16.3. The molecule has 8 heteroatoms. The highest BCUT2D eigenvalue weighted by Gasteiger charge is 2.12. The number of carbonyl (C=O) groups is 2. The Kier molecular flexibility index (Phi) is 5.60.